The van der Waals surface area contributed by atoms with Gasteiger partial charge in [0.25, 0.3) is 0 Å². The van der Waals surface area contributed by atoms with Gasteiger partial charge >= 0.3 is 41.5 Å². The van der Waals surface area contributed by atoms with Gasteiger partial charge in [-0.3, -0.25) is 4.79 Å². The molecule has 0 fully saturated rings. The zero-order valence-electron chi connectivity index (χ0n) is 13.6. The van der Waals surface area contributed by atoms with Gasteiger partial charge in [-0.15, -0.1) is 0 Å². The predicted molar refractivity (Wildman–Crippen MR) is 71.2 cm³/mol. The quantitative estimate of drug-likeness (QED) is 0.305. The molecule has 0 aromatic rings. The first-order valence-corrected chi connectivity index (χ1v) is 7.09. The smallest absolute Gasteiger partial charge is 1.00 e. The molecule has 0 aromatic heterocycles. The summed E-state index contributed by atoms with van der Waals surface area (Å²) in [4.78, 5) is 22.3. The largest absolute Gasteiger partial charge is 1.00 e. The number of esters is 2. The van der Waals surface area contributed by atoms with Crippen LogP contribution in [0.3, 0.4) is 0 Å². The summed E-state index contributed by atoms with van der Waals surface area (Å²) in [5, 5.41) is 0. The van der Waals surface area contributed by atoms with Crippen LogP contribution >= 0.6 is 0 Å². The maximum Gasteiger partial charge on any atom is 1.00 e. The monoisotopic (exact) mass is 316 g/mol. The van der Waals surface area contributed by atoms with Crippen LogP contribution in [0.4, 0.5) is 0 Å². The fourth-order valence-corrected chi connectivity index (χ4v) is 1.39. The summed E-state index contributed by atoms with van der Waals surface area (Å²) >= 11 is 0. The summed E-state index contributed by atoms with van der Waals surface area (Å²) in [6.07, 6.45) is -0.597. The van der Waals surface area contributed by atoms with Crippen LogP contribution in [0, 0.1) is 11.8 Å². The first-order valence-electron chi connectivity index (χ1n) is 6.01. The maximum absolute atomic E-state index is 11.5. The first-order chi connectivity index (χ1) is 8.73. The summed E-state index contributed by atoms with van der Waals surface area (Å²) in [5.41, 5.74) is 0. The number of rotatable bonds is 7. The van der Waals surface area contributed by atoms with Crippen molar-refractivity contribution in [2.45, 2.75) is 34.1 Å². The first kappa shape index (κ1) is 21.9. The number of carbonyl (C=O) groups is 2. The van der Waals surface area contributed by atoms with Gasteiger partial charge in [-0.05, 0) is 11.8 Å². The fourth-order valence-electron chi connectivity index (χ4n) is 0.964. The summed E-state index contributed by atoms with van der Waals surface area (Å²) < 4.78 is 31.4. The molecule has 0 heterocycles. The van der Waals surface area contributed by atoms with Gasteiger partial charge in [-0.2, -0.15) is 8.42 Å². The number of carbonyl (C=O) groups excluding carboxylic acids is 2. The maximum atomic E-state index is 11.5. The van der Waals surface area contributed by atoms with Crippen LogP contribution in [0.25, 0.3) is 0 Å². The molecule has 20 heavy (non-hydrogen) atoms. The second-order valence-electron chi connectivity index (χ2n) is 4.90. The van der Waals surface area contributed by atoms with Crippen molar-refractivity contribution in [3.8, 4) is 0 Å². The van der Waals surface area contributed by atoms with E-state index >= 15 is 0 Å². The van der Waals surface area contributed by atoms with Crippen molar-refractivity contribution in [1.82, 2.24) is 0 Å². The van der Waals surface area contributed by atoms with Crippen molar-refractivity contribution in [2.24, 2.45) is 11.8 Å². The average molecular weight is 316 g/mol. The van der Waals surface area contributed by atoms with Crippen molar-refractivity contribution >= 4 is 27.1 Å². The Bertz CT molecular complexity index is 450. The Kier molecular flexibility index (Phi) is 12.4. The number of ether oxygens (including phenoxy) is 2. The molecule has 0 saturated carbocycles. The molecule has 0 unspecified atom stereocenters. The zero-order valence-corrected chi connectivity index (χ0v) is 15.5. The summed E-state index contributed by atoms with van der Waals surface area (Å²) in [5.74, 6) is -1.53. The van der Waals surface area contributed by atoms with Gasteiger partial charge in [-0.1, -0.05) is 27.7 Å². The summed E-state index contributed by atoms with van der Waals surface area (Å²) in [6.45, 7) is 7.61. The van der Waals surface area contributed by atoms with E-state index in [9.17, 15) is 18.0 Å². The van der Waals surface area contributed by atoms with Crippen LogP contribution in [0.15, 0.2) is 0 Å². The Morgan fingerprint density at radius 2 is 1.45 bits per heavy atom. The van der Waals surface area contributed by atoms with Crippen LogP contribution in [0.1, 0.15) is 35.5 Å². The van der Waals surface area contributed by atoms with Crippen molar-refractivity contribution in [1.29, 1.82) is 0 Å². The summed E-state index contributed by atoms with van der Waals surface area (Å²) in [6, 6.07) is 0. The minimum Gasteiger partial charge on any atom is -1.00 e. The van der Waals surface area contributed by atoms with E-state index in [2.05, 4.69) is 0 Å². The Morgan fingerprint density at radius 3 is 1.85 bits per heavy atom. The van der Waals surface area contributed by atoms with E-state index < -0.39 is 33.5 Å². The molecule has 0 radical (unpaired) electrons. The third-order valence-electron chi connectivity index (χ3n) is 1.86. The molecule has 0 spiro atoms. The molecule has 0 N–H and O–H groups in total. The molecule has 0 amide bonds. The van der Waals surface area contributed by atoms with Crippen molar-refractivity contribution < 1.29 is 58.5 Å². The molecule has 6 nitrogen and oxygen atoms in total. The topological polar surface area (TPSA) is 86.7 Å². The normalized spacial score (nSPS) is 9.90. The van der Waals surface area contributed by atoms with Gasteiger partial charge in [0.2, 0.25) is 10.3 Å². The van der Waals surface area contributed by atoms with Gasteiger partial charge in [-0.25, -0.2) is 4.79 Å². The minimum atomic E-state index is -2.79. The molecule has 0 saturated heterocycles. The molecule has 112 valence electrons. The molecule has 0 atom stereocenters. The second kappa shape index (κ2) is 11.3. The van der Waals surface area contributed by atoms with Crippen molar-refractivity contribution in [3.05, 3.63) is 0 Å². The van der Waals surface area contributed by atoms with E-state index in [1.165, 1.54) is 0 Å². The van der Waals surface area contributed by atoms with Gasteiger partial charge in [0.15, 0.2) is 4.86 Å². The third kappa shape index (κ3) is 10.4. The van der Waals surface area contributed by atoms with Crippen LogP contribution in [-0.4, -0.2) is 38.4 Å². The Morgan fingerprint density at radius 1 is 1.00 bits per heavy atom. The molecule has 0 aromatic carbocycles. The van der Waals surface area contributed by atoms with Crippen LogP contribution in [0.2, 0.25) is 0 Å². The molecule has 0 rings (SSSR count). The minimum absolute atomic E-state index is 0. The van der Waals surface area contributed by atoms with E-state index in [1.54, 1.807) is 0 Å². The second-order valence-corrected chi connectivity index (χ2v) is 5.87. The van der Waals surface area contributed by atoms with Gasteiger partial charge < -0.3 is 10.9 Å². The Balaban J connectivity index is -0.00000162. The standard InChI is InChI=1S/C12H20O6S.Na.H/c1-8(2)6-17-11(13)5-10(19(15)16)12(14)18-7-9(3)4;;/h8-9H,5-7H2,1-4H3;;/q;+1;-1. The van der Waals surface area contributed by atoms with E-state index in [0.29, 0.717) is 0 Å². The molecule has 0 aliphatic carbocycles. The van der Waals surface area contributed by atoms with Gasteiger partial charge in [0, 0.05) is 0 Å². The molecular weight excluding hydrogens is 295 g/mol. The zero-order chi connectivity index (χ0) is 15.0. The van der Waals surface area contributed by atoms with Gasteiger partial charge in [0.1, 0.15) is 0 Å². The van der Waals surface area contributed by atoms with Gasteiger partial charge in [0.05, 0.1) is 19.6 Å². The molecule has 0 aliphatic heterocycles. The van der Waals surface area contributed by atoms with E-state index in [0.717, 1.165) is 0 Å². The fraction of sp³-hybridized carbons (Fsp3) is 0.750. The van der Waals surface area contributed by atoms with Crippen molar-refractivity contribution in [3.63, 3.8) is 0 Å². The average Bonchev–Trinajstić information content (AvgIpc) is 2.29. The Hall–Kier alpha value is -0.370. The summed E-state index contributed by atoms with van der Waals surface area (Å²) in [7, 11) is -2.79. The Labute approximate surface area is 144 Å². The van der Waals surface area contributed by atoms with E-state index in [4.69, 9.17) is 9.47 Å². The molecule has 8 heteroatoms. The van der Waals surface area contributed by atoms with Crippen LogP contribution < -0.4 is 29.6 Å². The van der Waals surface area contributed by atoms with E-state index in [-0.39, 0.29) is 56.0 Å². The SMILES string of the molecule is CC(C)COC(=O)CC(C(=O)OCC(C)C)=S(=O)=O.[H-].[Na+]. The van der Waals surface area contributed by atoms with Crippen LogP contribution in [-0.2, 0) is 29.4 Å². The third-order valence-corrected chi connectivity index (χ3v) is 2.57. The number of hydrogen-bond donors (Lipinski definition) is 0. The molecular formula is C12H21NaO6S. The predicted octanol–water partition coefficient (Wildman–Crippen LogP) is -2.06. The van der Waals surface area contributed by atoms with E-state index in [1.807, 2.05) is 27.7 Å². The van der Waals surface area contributed by atoms with Crippen LogP contribution in [0.5, 0.6) is 0 Å². The molecule has 0 aliphatic rings. The molecule has 0 bridgehead atoms. The van der Waals surface area contributed by atoms with Crippen molar-refractivity contribution in [2.75, 3.05) is 13.2 Å². The number of hydrogen-bond acceptors (Lipinski definition) is 6.